The number of non-ortho nitro benzene ring substituents is 1. The van der Waals surface area contributed by atoms with Gasteiger partial charge in [-0.15, -0.1) is 0 Å². The van der Waals surface area contributed by atoms with Crippen LogP contribution in [0.2, 0.25) is 0 Å². The van der Waals surface area contributed by atoms with Gasteiger partial charge < -0.3 is 9.47 Å². The molecule has 1 amide bonds. The third-order valence-electron chi connectivity index (χ3n) is 6.48. The summed E-state index contributed by atoms with van der Waals surface area (Å²) in [7, 11) is 1.40. The normalized spacial score (nSPS) is 16.5. The number of rotatable bonds is 9. The first-order chi connectivity index (χ1) is 18.5. The van der Waals surface area contributed by atoms with Crippen molar-refractivity contribution in [3.8, 4) is 17.2 Å². The van der Waals surface area contributed by atoms with E-state index in [4.69, 9.17) is 9.47 Å². The molecule has 202 valence electrons. The number of hydrogen-bond acceptors (Lipinski definition) is 8. The number of nitro groups is 2. The molecule has 1 aliphatic rings. The lowest BCUT2D eigenvalue weighted by Crippen LogP contribution is -2.20. The van der Waals surface area contributed by atoms with Crippen LogP contribution >= 0.6 is 0 Å². The third kappa shape index (κ3) is 6.38. The molecule has 11 nitrogen and oxygen atoms in total. The number of nitro benzene ring substituents is 2. The Morgan fingerprint density at radius 2 is 1.67 bits per heavy atom. The Hall–Kier alpha value is -4.80. The lowest BCUT2D eigenvalue weighted by atomic mass is 9.86. The number of benzene rings is 3. The fourth-order valence-corrected chi connectivity index (χ4v) is 4.15. The summed E-state index contributed by atoms with van der Waals surface area (Å²) in [6, 6.07) is 16.2. The van der Waals surface area contributed by atoms with Crippen LogP contribution in [0.3, 0.4) is 0 Å². The van der Waals surface area contributed by atoms with Crippen LogP contribution in [-0.2, 0) is 10.2 Å². The zero-order chi connectivity index (χ0) is 28.3. The molecule has 3 aromatic carbocycles. The predicted molar refractivity (Wildman–Crippen MR) is 145 cm³/mol. The Bertz CT molecular complexity index is 1450. The molecule has 0 heterocycles. The van der Waals surface area contributed by atoms with E-state index in [0.717, 1.165) is 30.2 Å². The molecule has 11 heteroatoms. The number of nitrogens with one attached hydrogen (secondary N) is 1. The summed E-state index contributed by atoms with van der Waals surface area (Å²) in [5.41, 5.74) is 4.65. The van der Waals surface area contributed by atoms with E-state index < -0.39 is 21.2 Å². The Morgan fingerprint density at radius 3 is 2.28 bits per heavy atom. The number of hydrogen-bond donors (Lipinski definition) is 1. The summed E-state index contributed by atoms with van der Waals surface area (Å²) in [5.74, 6) is 0.116. The van der Waals surface area contributed by atoms with Gasteiger partial charge in [0.2, 0.25) is 11.7 Å². The fraction of sp³-hybridized carbons (Fsp3) is 0.286. The van der Waals surface area contributed by atoms with Crippen LogP contribution in [0.15, 0.2) is 65.8 Å². The van der Waals surface area contributed by atoms with Crippen LogP contribution in [0.5, 0.6) is 17.2 Å². The van der Waals surface area contributed by atoms with Gasteiger partial charge in [0.15, 0.2) is 11.5 Å². The molecule has 1 aliphatic carbocycles. The van der Waals surface area contributed by atoms with Crippen molar-refractivity contribution in [2.45, 2.75) is 38.5 Å². The van der Waals surface area contributed by atoms with Gasteiger partial charge in [0.25, 0.3) is 5.69 Å². The largest absolute Gasteiger partial charge is 0.493 e. The van der Waals surface area contributed by atoms with E-state index in [1.165, 1.54) is 25.0 Å². The number of carbonyl (C=O) groups is 1. The van der Waals surface area contributed by atoms with E-state index >= 15 is 0 Å². The highest BCUT2D eigenvalue weighted by atomic mass is 16.6. The monoisotopic (exact) mass is 532 g/mol. The van der Waals surface area contributed by atoms with Gasteiger partial charge in [0, 0.05) is 12.0 Å². The summed E-state index contributed by atoms with van der Waals surface area (Å²) >= 11 is 0. The van der Waals surface area contributed by atoms with Gasteiger partial charge >= 0.3 is 5.69 Å². The van der Waals surface area contributed by atoms with E-state index in [2.05, 4.69) is 55.6 Å². The van der Waals surface area contributed by atoms with Crippen molar-refractivity contribution in [2.24, 2.45) is 11.0 Å². The van der Waals surface area contributed by atoms with E-state index in [0.29, 0.717) is 5.56 Å². The van der Waals surface area contributed by atoms with Crippen molar-refractivity contribution in [1.82, 2.24) is 5.43 Å². The van der Waals surface area contributed by atoms with Gasteiger partial charge in [-0.25, -0.2) is 5.43 Å². The van der Waals surface area contributed by atoms with Gasteiger partial charge in [-0.3, -0.25) is 25.0 Å². The number of methoxy groups -OCH3 is 1. The molecule has 0 saturated heterocycles. The topological polar surface area (TPSA) is 146 Å². The molecule has 1 fully saturated rings. The van der Waals surface area contributed by atoms with Gasteiger partial charge in [-0.2, -0.15) is 5.10 Å². The van der Waals surface area contributed by atoms with Gasteiger partial charge in [0.05, 0.1) is 29.2 Å². The Labute approximate surface area is 224 Å². The minimum absolute atomic E-state index is 0.0727. The molecule has 0 unspecified atom stereocenters. The molecule has 0 aliphatic heterocycles. The van der Waals surface area contributed by atoms with Crippen molar-refractivity contribution in [2.75, 3.05) is 7.11 Å². The highest BCUT2D eigenvalue weighted by molar-refractivity contribution is 5.86. The first kappa shape index (κ1) is 27.2. The molecule has 3 aromatic rings. The van der Waals surface area contributed by atoms with Gasteiger partial charge in [-0.1, -0.05) is 45.0 Å². The molecule has 0 aromatic heterocycles. The average molecular weight is 533 g/mol. The number of hydrazone groups is 1. The highest BCUT2D eigenvalue weighted by Crippen LogP contribution is 2.47. The van der Waals surface area contributed by atoms with Crippen LogP contribution in [0.1, 0.15) is 49.8 Å². The second-order valence-corrected chi connectivity index (χ2v) is 10.2. The first-order valence-electron chi connectivity index (χ1n) is 12.2. The third-order valence-corrected chi connectivity index (χ3v) is 6.48. The molecule has 4 rings (SSSR count). The standard InChI is InChI=1S/C28H28N4O7/c1-28(2,3)19-8-6-18(7-9-19)21-15-22(21)27(33)30-29-16-17-5-11-25(26(13-17)38-4)39-24-12-10-20(31(34)35)14-23(24)32(36)37/h5-14,16,21-22H,15H2,1-4H3,(H,30,33)/b29-16+/t21-,22+/m1/s1. The quantitative estimate of drug-likeness (QED) is 0.206. The molecule has 1 saturated carbocycles. The summed E-state index contributed by atoms with van der Waals surface area (Å²) in [6.07, 6.45) is 2.22. The van der Waals surface area contributed by atoms with Crippen molar-refractivity contribution in [3.05, 3.63) is 97.6 Å². The zero-order valence-electron chi connectivity index (χ0n) is 21.9. The maximum Gasteiger partial charge on any atom is 0.318 e. The molecule has 2 atom stereocenters. The van der Waals surface area contributed by atoms with E-state index in [1.54, 1.807) is 12.1 Å². The minimum Gasteiger partial charge on any atom is -0.493 e. The SMILES string of the molecule is COc1cc(/C=N/NC(=O)[C@H]2C[C@@H]2c2ccc(C(C)(C)C)cc2)ccc1Oc1ccc([N+](=O)[O-])cc1[N+](=O)[O-]. The second kappa shape index (κ2) is 10.9. The van der Waals surface area contributed by atoms with Crippen molar-refractivity contribution < 1.29 is 24.1 Å². The Kier molecular flexibility index (Phi) is 7.61. The van der Waals surface area contributed by atoms with Gasteiger partial charge in [0.1, 0.15) is 0 Å². The van der Waals surface area contributed by atoms with Crippen LogP contribution < -0.4 is 14.9 Å². The number of ether oxygens (including phenoxy) is 2. The fourth-order valence-electron chi connectivity index (χ4n) is 4.15. The highest BCUT2D eigenvalue weighted by Gasteiger charge is 2.44. The zero-order valence-corrected chi connectivity index (χ0v) is 21.9. The van der Waals surface area contributed by atoms with Crippen LogP contribution in [0.25, 0.3) is 0 Å². The lowest BCUT2D eigenvalue weighted by Gasteiger charge is -2.19. The molecular formula is C28H28N4O7. The summed E-state index contributed by atoms with van der Waals surface area (Å²) in [4.78, 5) is 33.4. The first-order valence-corrected chi connectivity index (χ1v) is 12.2. The van der Waals surface area contributed by atoms with Crippen molar-refractivity contribution in [1.29, 1.82) is 0 Å². The predicted octanol–water partition coefficient (Wildman–Crippen LogP) is 5.86. The van der Waals surface area contributed by atoms with Gasteiger partial charge in [-0.05, 0) is 58.7 Å². The lowest BCUT2D eigenvalue weighted by molar-refractivity contribution is -0.394. The van der Waals surface area contributed by atoms with Crippen LogP contribution in [0.4, 0.5) is 11.4 Å². The number of carbonyl (C=O) groups excluding carboxylic acids is 1. The van der Waals surface area contributed by atoms with Crippen molar-refractivity contribution in [3.63, 3.8) is 0 Å². The van der Waals surface area contributed by atoms with Crippen molar-refractivity contribution >= 4 is 23.5 Å². The molecule has 0 bridgehead atoms. The van der Waals surface area contributed by atoms with Crippen LogP contribution in [-0.4, -0.2) is 29.1 Å². The maximum absolute atomic E-state index is 12.6. The minimum atomic E-state index is -0.760. The van der Waals surface area contributed by atoms with Crippen LogP contribution in [0, 0.1) is 26.1 Å². The Morgan fingerprint density at radius 1 is 0.974 bits per heavy atom. The van der Waals surface area contributed by atoms with E-state index in [1.807, 2.05) is 0 Å². The van der Waals surface area contributed by atoms with E-state index in [9.17, 15) is 25.0 Å². The van der Waals surface area contributed by atoms with E-state index in [-0.39, 0.29) is 40.4 Å². The number of nitrogens with zero attached hydrogens (tertiary/aromatic N) is 3. The average Bonchev–Trinajstić information content (AvgIpc) is 3.70. The molecular weight excluding hydrogens is 504 g/mol. The Balaban J connectivity index is 1.39. The molecule has 0 spiro atoms. The molecule has 0 radical (unpaired) electrons. The second-order valence-electron chi connectivity index (χ2n) is 10.2. The molecule has 39 heavy (non-hydrogen) atoms. The summed E-state index contributed by atoms with van der Waals surface area (Å²) in [6.45, 7) is 6.48. The summed E-state index contributed by atoms with van der Waals surface area (Å²) < 4.78 is 11.0. The maximum atomic E-state index is 12.6. The summed E-state index contributed by atoms with van der Waals surface area (Å²) in [5, 5.41) is 26.4. The molecule has 1 N–H and O–H groups in total. The number of amides is 1. The smallest absolute Gasteiger partial charge is 0.318 e.